The third-order valence-corrected chi connectivity index (χ3v) is 4.99. The molecule has 0 aliphatic carbocycles. The molecule has 0 saturated carbocycles. The number of aromatic nitrogens is 3. The number of nitrogens with zero attached hydrogens (tertiary/aromatic N) is 4. The van der Waals surface area contributed by atoms with Gasteiger partial charge in [0.05, 0.1) is 24.2 Å². The van der Waals surface area contributed by atoms with Crippen molar-refractivity contribution >= 4 is 29.4 Å². The Morgan fingerprint density at radius 1 is 1.21 bits per heavy atom. The van der Waals surface area contributed by atoms with Crippen LogP contribution in [0.2, 0.25) is 0 Å². The van der Waals surface area contributed by atoms with Crippen LogP contribution in [-0.2, 0) is 22.7 Å². The van der Waals surface area contributed by atoms with Crippen LogP contribution in [0.25, 0.3) is 0 Å². The number of carbonyl (C=O) groups is 2. The molecule has 152 valence electrons. The van der Waals surface area contributed by atoms with Crippen LogP contribution >= 0.6 is 11.8 Å². The zero-order valence-electron chi connectivity index (χ0n) is 16.4. The van der Waals surface area contributed by atoms with E-state index in [9.17, 15) is 9.59 Å². The van der Waals surface area contributed by atoms with Gasteiger partial charge in [0.2, 0.25) is 11.8 Å². The number of nitrogens with one attached hydrogen (secondary N) is 1. The number of carbonyl (C=O) groups excluding carboxylic acids is 2. The predicted octanol–water partition coefficient (Wildman–Crippen LogP) is 2.56. The minimum Gasteiger partial charge on any atom is -0.360 e. The summed E-state index contributed by atoms with van der Waals surface area (Å²) in [5.41, 5.74) is 2.13. The van der Waals surface area contributed by atoms with Crippen molar-refractivity contribution in [3.63, 3.8) is 0 Å². The summed E-state index contributed by atoms with van der Waals surface area (Å²) in [4.78, 5) is 25.8. The lowest BCUT2D eigenvalue weighted by molar-refractivity contribution is -0.127. The molecular formula is C20H23N5O3S. The Morgan fingerprint density at radius 3 is 2.72 bits per heavy atom. The predicted molar refractivity (Wildman–Crippen MR) is 111 cm³/mol. The summed E-state index contributed by atoms with van der Waals surface area (Å²) in [6, 6.07) is 11.7. The third-order valence-electron chi connectivity index (χ3n) is 4.07. The van der Waals surface area contributed by atoms with Crippen molar-refractivity contribution in [3.8, 4) is 0 Å². The molecule has 0 bridgehead atoms. The molecule has 0 aliphatic heterocycles. The van der Waals surface area contributed by atoms with Crippen LogP contribution in [0.1, 0.15) is 16.9 Å². The lowest BCUT2D eigenvalue weighted by Crippen LogP contribution is -2.28. The van der Waals surface area contributed by atoms with Gasteiger partial charge >= 0.3 is 0 Å². The average molecular weight is 414 g/mol. The van der Waals surface area contributed by atoms with E-state index in [0.717, 1.165) is 5.56 Å². The number of rotatable bonds is 9. The van der Waals surface area contributed by atoms with Crippen LogP contribution < -0.4 is 5.32 Å². The van der Waals surface area contributed by atoms with Gasteiger partial charge in [-0.15, -0.1) is 11.8 Å². The molecule has 2 aromatic heterocycles. The molecule has 2 heterocycles. The fourth-order valence-corrected chi connectivity index (χ4v) is 3.41. The highest BCUT2D eigenvalue weighted by molar-refractivity contribution is 8.00. The topological polar surface area (TPSA) is 93.3 Å². The van der Waals surface area contributed by atoms with Gasteiger partial charge in [-0.1, -0.05) is 35.5 Å². The Morgan fingerprint density at radius 2 is 2.00 bits per heavy atom. The van der Waals surface area contributed by atoms with Gasteiger partial charge < -0.3 is 14.7 Å². The van der Waals surface area contributed by atoms with Gasteiger partial charge in [0, 0.05) is 31.4 Å². The number of hydrogen-bond acceptors (Lipinski definition) is 6. The summed E-state index contributed by atoms with van der Waals surface area (Å²) < 4.78 is 6.75. The molecule has 2 amide bonds. The van der Waals surface area contributed by atoms with Gasteiger partial charge in [-0.3, -0.25) is 14.3 Å². The van der Waals surface area contributed by atoms with Crippen molar-refractivity contribution in [2.45, 2.75) is 20.0 Å². The molecule has 0 fully saturated rings. The van der Waals surface area contributed by atoms with Gasteiger partial charge in [-0.05, 0) is 12.5 Å². The number of hydrogen-bond donors (Lipinski definition) is 1. The van der Waals surface area contributed by atoms with Crippen LogP contribution in [0.15, 0.2) is 53.3 Å². The molecule has 3 aromatic rings. The molecule has 0 radical (unpaired) electrons. The number of amides is 2. The highest BCUT2D eigenvalue weighted by Gasteiger charge is 2.13. The third kappa shape index (κ3) is 6.49. The molecule has 3 rings (SSSR count). The molecule has 0 saturated heterocycles. The molecule has 9 heteroatoms. The van der Waals surface area contributed by atoms with Crippen LogP contribution in [-0.4, -0.2) is 50.2 Å². The summed E-state index contributed by atoms with van der Waals surface area (Å²) in [6.45, 7) is 2.91. The fraction of sp³-hybridized carbons (Fsp3) is 0.300. The maximum absolute atomic E-state index is 12.3. The zero-order valence-corrected chi connectivity index (χ0v) is 17.2. The van der Waals surface area contributed by atoms with Crippen molar-refractivity contribution in [1.82, 2.24) is 19.8 Å². The summed E-state index contributed by atoms with van der Waals surface area (Å²) >= 11 is 1.26. The first-order chi connectivity index (χ1) is 14.0. The highest BCUT2D eigenvalue weighted by atomic mass is 32.2. The van der Waals surface area contributed by atoms with Crippen molar-refractivity contribution in [2.24, 2.45) is 0 Å². The second-order valence-corrected chi connectivity index (χ2v) is 7.63. The molecule has 0 atom stereocenters. The molecule has 0 unspecified atom stereocenters. The summed E-state index contributed by atoms with van der Waals surface area (Å²) in [5, 5.41) is 10.7. The molecule has 1 aromatic carbocycles. The van der Waals surface area contributed by atoms with Gasteiger partial charge in [0.25, 0.3) is 0 Å². The smallest absolute Gasteiger partial charge is 0.235 e. The Hall–Kier alpha value is -3.07. The van der Waals surface area contributed by atoms with E-state index < -0.39 is 0 Å². The normalized spacial score (nSPS) is 10.7. The Balaban J connectivity index is 1.39. The first-order valence-electron chi connectivity index (χ1n) is 9.10. The monoisotopic (exact) mass is 413 g/mol. The maximum Gasteiger partial charge on any atom is 0.235 e. The number of anilines is 1. The molecule has 0 spiro atoms. The second kappa shape index (κ2) is 9.92. The minimum atomic E-state index is -0.221. The Bertz CT molecular complexity index is 954. The standard InChI is InChI=1S/C20H23N5O3S/c1-15-8-18(23-28-15)22-19(26)13-29-14-20(27)24(2)10-17-9-21-25(12-17)11-16-6-4-3-5-7-16/h3-9,12H,10-11,13-14H2,1-2H3,(H,22,23,26). The molecule has 29 heavy (non-hydrogen) atoms. The van der Waals surface area contributed by atoms with Crippen molar-refractivity contribution in [3.05, 3.63) is 65.7 Å². The van der Waals surface area contributed by atoms with E-state index in [1.807, 2.05) is 41.2 Å². The lowest BCUT2D eigenvalue weighted by atomic mass is 10.2. The number of thioether (sulfide) groups is 1. The van der Waals surface area contributed by atoms with Gasteiger partial charge in [0.1, 0.15) is 5.76 Å². The fourth-order valence-electron chi connectivity index (χ4n) is 2.65. The first-order valence-corrected chi connectivity index (χ1v) is 10.2. The lowest BCUT2D eigenvalue weighted by Gasteiger charge is -2.15. The summed E-state index contributed by atoms with van der Waals surface area (Å²) in [7, 11) is 1.75. The van der Waals surface area contributed by atoms with E-state index >= 15 is 0 Å². The van der Waals surface area contributed by atoms with Crippen molar-refractivity contribution < 1.29 is 14.1 Å². The van der Waals surface area contributed by atoms with Gasteiger partial charge in [-0.25, -0.2) is 0 Å². The SMILES string of the molecule is Cc1cc(NC(=O)CSCC(=O)N(C)Cc2cnn(Cc3ccccc3)c2)no1. The maximum atomic E-state index is 12.3. The van der Waals surface area contributed by atoms with E-state index in [-0.39, 0.29) is 23.3 Å². The Kier molecular flexibility index (Phi) is 7.07. The van der Waals surface area contributed by atoms with Crippen molar-refractivity contribution in [1.29, 1.82) is 0 Å². The molecule has 8 nitrogen and oxygen atoms in total. The second-order valence-electron chi connectivity index (χ2n) is 6.65. The first kappa shape index (κ1) is 20.7. The van der Waals surface area contributed by atoms with E-state index in [2.05, 4.69) is 15.6 Å². The van der Waals surface area contributed by atoms with Crippen LogP contribution in [0, 0.1) is 6.92 Å². The molecular weight excluding hydrogens is 390 g/mol. The summed E-state index contributed by atoms with van der Waals surface area (Å²) in [6.07, 6.45) is 3.71. The van der Waals surface area contributed by atoms with Crippen LogP contribution in [0.5, 0.6) is 0 Å². The molecule has 0 aliphatic rings. The van der Waals surface area contributed by atoms with Crippen molar-refractivity contribution in [2.75, 3.05) is 23.9 Å². The number of aryl methyl sites for hydroxylation is 1. The minimum absolute atomic E-state index is 0.0455. The van der Waals surface area contributed by atoms with E-state index in [1.165, 1.54) is 17.3 Å². The summed E-state index contributed by atoms with van der Waals surface area (Å²) in [5.74, 6) is 1.12. The van der Waals surface area contributed by atoms with Crippen LogP contribution in [0.3, 0.4) is 0 Å². The van der Waals surface area contributed by atoms with Crippen LogP contribution in [0.4, 0.5) is 5.82 Å². The average Bonchev–Trinajstić information content (AvgIpc) is 3.31. The highest BCUT2D eigenvalue weighted by Crippen LogP contribution is 2.10. The number of benzene rings is 1. The van der Waals surface area contributed by atoms with E-state index in [1.54, 1.807) is 31.1 Å². The van der Waals surface area contributed by atoms with Gasteiger partial charge in [0.15, 0.2) is 5.82 Å². The Labute approximate surface area is 173 Å². The van der Waals surface area contributed by atoms with Gasteiger partial charge in [-0.2, -0.15) is 5.10 Å². The van der Waals surface area contributed by atoms with E-state index in [4.69, 9.17) is 4.52 Å². The largest absolute Gasteiger partial charge is 0.360 e. The zero-order chi connectivity index (χ0) is 20.6. The molecule has 1 N–H and O–H groups in total. The quantitative estimate of drug-likeness (QED) is 0.580. The van der Waals surface area contributed by atoms with E-state index in [0.29, 0.717) is 24.7 Å².